The number of carbonyl (C=O) groups excluding carboxylic acids is 1. The van der Waals surface area contributed by atoms with Crippen LogP contribution in [0.5, 0.6) is 0 Å². The molecule has 0 bridgehead atoms. The minimum atomic E-state index is -0.516. The van der Waals surface area contributed by atoms with Gasteiger partial charge < -0.3 is 14.6 Å². The van der Waals surface area contributed by atoms with E-state index in [1.165, 1.54) is 0 Å². The van der Waals surface area contributed by atoms with Gasteiger partial charge in [0.05, 0.1) is 31.4 Å². The van der Waals surface area contributed by atoms with Crippen LogP contribution in [0.4, 0.5) is 4.79 Å². The first kappa shape index (κ1) is 17.5. The maximum atomic E-state index is 12.6. The van der Waals surface area contributed by atoms with Gasteiger partial charge in [-0.05, 0) is 52.9 Å². The van der Waals surface area contributed by atoms with Gasteiger partial charge in [0.15, 0.2) is 0 Å². The van der Waals surface area contributed by atoms with Crippen molar-refractivity contribution in [1.82, 2.24) is 4.90 Å². The molecule has 128 valence electrons. The molecular weight excluding hydrogens is 282 g/mol. The smallest absolute Gasteiger partial charge is 0.410 e. The van der Waals surface area contributed by atoms with Crippen LogP contribution in [0, 0.1) is 11.8 Å². The molecule has 5 atom stereocenters. The first-order valence-electron chi connectivity index (χ1n) is 8.46. The van der Waals surface area contributed by atoms with Crippen LogP contribution in [-0.2, 0) is 9.47 Å². The van der Waals surface area contributed by atoms with E-state index in [4.69, 9.17) is 9.47 Å². The van der Waals surface area contributed by atoms with Crippen molar-refractivity contribution in [3.63, 3.8) is 0 Å². The summed E-state index contributed by atoms with van der Waals surface area (Å²) in [5.74, 6) is 0.644. The fourth-order valence-electron chi connectivity index (χ4n) is 3.63. The van der Waals surface area contributed by atoms with Crippen molar-refractivity contribution in [3.8, 4) is 0 Å². The molecule has 0 aromatic carbocycles. The Morgan fingerprint density at radius 2 is 1.91 bits per heavy atom. The van der Waals surface area contributed by atoms with Gasteiger partial charge in [-0.15, -0.1) is 0 Å². The molecule has 0 aromatic heterocycles. The lowest BCUT2D eigenvalue weighted by Crippen LogP contribution is -2.59. The highest BCUT2D eigenvalue weighted by molar-refractivity contribution is 5.69. The summed E-state index contributed by atoms with van der Waals surface area (Å²) in [6.45, 7) is 10.8. The third kappa shape index (κ3) is 4.13. The van der Waals surface area contributed by atoms with E-state index in [0.29, 0.717) is 19.1 Å². The van der Waals surface area contributed by atoms with Crippen LogP contribution in [0.25, 0.3) is 0 Å². The molecule has 2 fully saturated rings. The molecule has 0 spiro atoms. The number of amides is 1. The molecule has 1 heterocycles. The van der Waals surface area contributed by atoms with Crippen molar-refractivity contribution >= 4 is 6.09 Å². The number of rotatable bonds is 1. The van der Waals surface area contributed by atoms with E-state index >= 15 is 0 Å². The number of aliphatic hydroxyl groups is 1. The number of hydrogen-bond acceptors (Lipinski definition) is 4. The van der Waals surface area contributed by atoms with E-state index in [2.05, 4.69) is 6.92 Å². The molecule has 0 radical (unpaired) electrons. The molecule has 5 unspecified atom stereocenters. The van der Waals surface area contributed by atoms with Gasteiger partial charge in [-0.2, -0.15) is 0 Å². The van der Waals surface area contributed by atoms with E-state index in [9.17, 15) is 9.90 Å². The molecule has 1 saturated carbocycles. The van der Waals surface area contributed by atoms with Crippen molar-refractivity contribution in [2.45, 2.75) is 77.7 Å². The van der Waals surface area contributed by atoms with Crippen LogP contribution in [0.3, 0.4) is 0 Å². The van der Waals surface area contributed by atoms with Gasteiger partial charge in [-0.1, -0.05) is 6.92 Å². The molecule has 5 nitrogen and oxygen atoms in total. The minimum absolute atomic E-state index is 0.0296. The van der Waals surface area contributed by atoms with Gasteiger partial charge in [0.1, 0.15) is 5.60 Å². The van der Waals surface area contributed by atoms with Gasteiger partial charge in [-0.3, -0.25) is 4.90 Å². The van der Waals surface area contributed by atoms with Crippen LogP contribution in [0.15, 0.2) is 0 Å². The molecule has 1 saturated heterocycles. The Morgan fingerprint density at radius 1 is 1.23 bits per heavy atom. The summed E-state index contributed by atoms with van der Waals surface area (Å²) < 4.78 is 11.3. The monoisotopic (exact) mass is 313 g/mol. The number of carbonyl (C=O) groups is 1. The maximum Gasteiger partial charge on any atom is 0.410 e. The van der Waals surface area contributed by atoms with Crippen molar-refractivity contribution in [1.29, 1.82) is 0 Å². The first-order chi connectivity index (χ1) is 10.2. The van der Waals surface area contributed by atoms with Gasteiger partial charge in [0.2, 0.25) is 0 Å². The Labute approximate surface area is 134 Å². The van der Waals surface area contributed by atoms with Gasteiger partial charge in [0.25, 0.3) is 0 Å². The first-order valence-corrected chi connectivity index (χ1v) is 8.46. The Balaban J connectivity index is 2.17. The number of morpholine rings is 1. The molecule has 2 rings (SSSR count). The van der Waals surface area contributed by atoms with Gasteiger partial charge in [-0.25, -0.2) is 4.79 Å². The highest BCUT2D eigenvalue weighted by Crippen LogP contribution is 2.35. The summed E-state index contributed by atoms with van der Waals surface area (Å²) in [5, 5.41) is 10.4. The van der Waals surface area contributed by atoms with Crippen molar-refractivity contribution in [3.05, 3.63) is 0 Å². The molecule has 1 amide bonds. The second-order valence-electron chi connectivity index (χ2n) is 7.99. The molecule has 1 aliphatic carbocycles. The largest absolute Gasteiger partial charge is 0.444 e. The van der Waals surface area contributed by atoms with Crippen LogP contribution < -0.4 is 0 Å². The zero-order chi connectivity index (χ0) is 16.5. The van der Waals surface area contributed by atoms with E-state index in [-0.39, 0.29) is 30.2 Å². The fourth-order valence-corrected chi connectivity index (χ4v) is 3.63. The summed E-state index contributed by atoms with van der Waals surface area (Å²) in [6, 6.07) is -0.130. The normalized spacial score (nSPS) is 37.0. The highest BCUT2D eigenvalue weighted by atomic mass is 16.6. The van der Waals surface area contributed by atoms with Crippen molar-refractivity contribution in [2.24, 2.45) is 11.8 Å². The van der Waals surface area contributed by atoms with Crippen LogP contribution in [0.2, 0.25) is 0 Å². The Hall–Kier alpha value is -0.810. The summed E-state index contributed by atoms with van der Waals surface area (Å²) >= 11 is 0. The lowest BCUT2D eigenvalue weighted by Gasteiger charge is -2.47. The van der Waals surface area contributed by atoms with Crippen LogP contribution in [-0.4, -0.2) is 53.1 Å². The SMILES string of the molecule is CC1CCC(O)C(C2COCC(C)N2C(=O)OC(C)(C)C)C1. The summed E-state index contributed by atoms with van der Waals surface area (Å²) in [5.41, 5.74) is -0.516. The topological polar surface area (TPSA) is 59.0 Å². The Kier molecular flexibility index (Phi) is 5.38. The third-order valence-electron chi connectivity index (χ3n) is 4.70. The maximum absolute atomic E-state index is 12.6. The predicted molar refractivity (Wildman–Crippen MR) is 84.7 cm³/mol. The number of hydrogen-bond donors (Lipinski definition) is 1. The second kappa shape index (κ2) is 6.75. The van der Waals surface area contributed by atoms with Crippen molar-refractivity contribution < 1.29 is 19.4 Å². The lowest BCUT2D eigenvalue weighted by molar-refractivity contribution is -0.0972. The Morgan fingerprint density at radius 3 is 2.55 bits per heavy atom. The zero-order valence-electron chi connectivity index (χ0n) is 14.5. The van der Waals surface area contributed by atoms with E-state index in [1.54, 1.807) is 4.90 Å². The summed E-state index contributed by atoms with van der Waals surface area (Å²) in [4.78, 5) is 14.4. The average molecular weight is 313 g/mol. The highest BCUT2D eigenvalue weighted by Gasteiger charge is 2.43. The molecule has 22 heavy (non-hydrogen) atoms. The third-order valence-corrected chi connectivity index (χ3v) is 4.70. The van der Waals surface area contributed by atoms with Gasteiger partial charge in [0, 0.05) is 5.92 Å². The van der Waals surface area contributed by atoms with Gasteiger partial charge >= 0.3 is 6.09 Å². The molecule has 1 N–H and O–H groups in total. The molecule has 5 heteroatoms. The molecule has 1 aliphatic heterocycles. The predicted octanol–water partition coefficient (Wildman–Crippen LogP) is 2.81. The fraction of sp³-hybridized carbons (Fsp3) is 0.941. The number of aliphatic hydroxyl groups excluding tert-OH is 1. The Bertz CT molecular complexity index is 393. The van der Waals surface area contributed by atoms with E-state index < -0.39 is 5.60 Å². The molecule has 2 aliphatic rings. The number of ether oxygens (including phenoxy) is 2. The average Bonchev–Trinajstić information content (AvgIpc) is 2.39. The standard InChI is InChI=1S/C17H31NO4/c1-11-6-7-15(19)13(8-11)14-10-21-9-12(2)18(14)16(20)22-17(3,4)5/h11-15,19H,6-10H2,1-5H3. The summed E-state index contributed by atoms with van der Waals surface area (Å²) in [7, 11) is 0. The van der Waals surface area contributed by atoms with E-state index in [1.807, 2.05) is 27.7 Å². The molecular formula is C17H31NO4. The van der Waals surface area contributed by atoms with E-state index in [0.717, 1.165) is 19.3 Å². The quantitative estimate of drug-likeness (QED) is 0.808. The summed E-state index contributed by atoms with van der Waals surface area (Å²) in [6.07, 6.45) is 2.13. The lowest BCUT2D eigenvalue weighted by atomic mass is 9.76. The second-order valence-corrected chi connectivity index (χ2v) is 7.99. The van der Waals surface area contributed by atoms with Crippen molar-refractivity contribution in [2.75, 3.05) is 13.2 Å². The van der Waals surface area contributed by atoms with Crippen LogP contribution in [0.1, 0.15) is 53.9 Å². The molecule has 0 aromatic rings. The van der Waals surface area contributed by atoms with Crippen LogP contribution >= 0.6 is 0 Å². The number of nitrogens with zero attached hydrogens (tertiary/aromatic N) is 1. The zero-order valence-corrected chi connectivity index (χ0v) is 14.5. The minimum Gasteiger partial charge on any atom is -0.444 e.